The number of ether oxygens (including phenoxy) is 1. The van der Waals surface area contributed by atoms with Crippen LogP contribution in [-0.4, -0.2) is 27.4 Å². The van der Waals surface area contributed by atoms with E-state index in [2.05, 4.69) is 21.9 Å². The third kappa shape index (κ3) is 9.79. The number of carbonyl (C=O) groups is 1. The maximum atomic E-state index is 12.1. The van der Waals surface area contributed by atoms with Crippen molar-refractivity contribution in [3.05, 3.63) is 77.8 Å². The number of nitrogens with one attached hydrogen (secondary N) is 2. The normalized spacial score (nSPS) is 11.8. The Balaban J connectivity index is 1.49. The van der Waals surface area contributed by atoms with Gasteiger partial charge in [0, 0.05) is 41.6 Å². The average molecular weight is 501 g/mol. The number of hydrogen-bond acceptors (Lipinski definition) is 5. The van der Waals surface area contributed by atoms with Gasteiger partial charge in [-0.3, -0.25) is 9.52 Å². The van der Waals surface area contributed by atoms with Crippen molar-refractivity contribution in [3.8, 4) is 5.75 Å². The predicted molar refractivity (Wildman–Crippen MR) is 142 cm³/mol. The highest BCUT2D eigenvalue weighted by molar-refractivity contribution is 8.12. The Kier molecular flexibility index (Phi) is 11.3. The molecule has 8 heteroatoms. The third-order valence-electron chi connectivity index (χ3n) is 5.34. The number of aromatic nitrogens is 2. The van der Waals surface area contributed by atoms with Gasteiger partial charge in [0.2, 0.25) is 0 Å². The molecule has 3 rings (SSSR count). The van der Waals surface area contributed by atoms with E-state index in [0.29, 0.717) is 6.54 Å². The molecule has 0 fully saturated rings. The van der Waals surface area contributed by atoms with Crippen LogP contribution in [0.3, 0.4) is 0 Å². The summed E-state index contributed by atoms with van der Waals surface area (Å²) in [5.41, 5.74) is 1.96. The maximum Gasteiger partial charge on any atom is 0.298 e. The van der Waals surface area contributed by atoms with Gasteiger partial charge in [0.25, 0.3) is 5.24 Å². The van der Waals surface area contributed by atoms with E-state index in [4.69, 9.17) is 16.3 Å². The minimum atomic E-state index is -0.120. The summed E-state index contributed by atoms with van der Waals surface area (Å²) in [6, 6.07) is 15.4. The fraction of sp³-hybridized carbons (Fsp3) is 0.385. The maximum absolute atomic E-state index is 12.1. The molecule has 0 spiro atoms. The summed E-state index contributed by atoms with van der Waals surface area (Å²) in [5, 5.41) is 3.51. The first-order valence-corrected chi connectivity index (χ1v) is 13.0. The van der Waals surface area contributed by atoms with Crippen LogP contribution < -0.4 is 14.8 Å². The number of aryl methyl sites for hydroxylation is 1. The van der Waals surface area contributed by atoms with Gasteiger partial charge in [-0.05, 0) is 61.2 Å². The van der Waals surface area contributed by atoms with Gasteiger partial charge >= 0.3 is 0 Å². The van der Waals surface area contributed by atoms with Crippen molar-refractivity contribution >= 4 is 34.5 Å². The molecule has 6 nitrogen and oxygen atoms in total. The molecular formula is C26H33ClN4O2S. The van der Waals surface area contributed by atoms with Crippen molar-refractivity contribution in [2.24, 2.45) is 0 Å². The van der Waals surface area contributed by atoms with E-state index in [1.165, 1.54) is 24.8 Å². The van der Waals surface area contributed by atoms with Crippen molar-refractivity contribution in [2.45, 2.75) is 58.1 Å². The van der Waals surface area contributed by atoms with Crippen molar-refractivity contribution in [2.75, 3.05) is 11.9 Å². The SMILES string of the molecule is CCCCCCNSC(=O)Nc1ccc(OC(CCc2ccc(Cl)cc2)Cn2ccnc2)cc1. The highest BCUT2D eigenvalue weighted by atomic mass is 35.5. The molecule has 0 saturated carbocycles. The highest BCUT2D eigenvalue weighted by Gasteiger charge is 2.13. The van der Waals surface area contributed by atoms with Gasteiger partial charge in [-0.15, -0.1) is 0 Å². The molecule has 0 saturated heterocycles. The number of hydrogen-bond donors (Lipinski definition) is 2. The van der Waals surface area contributed by atoms with Gasteiger partial charge < -0.3 is 14.6 Å². The van der Waals surface area contributed by atoms with E-state index < -0.39 is 0 Å². The molecule has 0 radical (unpaired) electrons. The minimum Gasteiger partial charge on any atom is -0.489 e. The molecule has 3 aromatic rings. The zero-order valence-corrected chi connectivity index (χ0v) is 21.2. The Morgan fingerprint density at radius 1 is 1.12 bits per heavy atom. The lowest BCUT2D eigenvalue weighted by Gasteiger charge is -2.20. The Morgan fingerprint density at radius 2 is 1.91 bits per heavy atom. The zero-order chi connectivity index (χ0) is 24.0. The summed E-state index contributed by atoms with van der Waals surface area (Å²) in [4.78, 5) is 16.3. The molecule has 34 heavy (non-hydrogen) atoms. The van der Waals surface area contributed by atoms with E-state index >= 15 is 0 Å². The van der Waals surface area contributed by atoms with Crippen LogP contribution in [0.15, 0.2) is 67.3 Å². The molecule has 182 valence electrons. The van der Waals surface area contributed by atoms with Crippen LogP contribution in [-0.2, 0) is 13.0 Å². The standard InChI is InChI=1S/C26H33ClN4O2S/c1-2-3-4-5-16-29-34-26(32)30-23-11-14-24(15-12-23)33-25(19-31-18-17-28-20-31)13-8-21-6-9-22(27)10-7-21/h6-7,9-12,14-15,17-18,20,25,29H,2-5,8,13,16,19H2,1H3,(H,30,32). The first kappa shape index (κ1) is 26.1. The number of halogens is 1. The second kappa shape index (κ2) is 14.7. The Labute approximate surface area is 211 Å². The number of amides is 1. The molecule has 1 amide bonds. The van der Waals surface area contributed by atoms with Gasteiger partial charge in [0.15, 0.2) is 0 Å². The van der Waals surface area contributed by atoms with Gasteiger partial charge in [-0.2, -0.15) is 0 Å². The van der Waals surface area contributed by atoms with E-state index in [0.717, 1.165) is 54.2 Å². The molecule has 1 aromatic heterocycles. The molecular weight excluding hydrogens is 468 g/mol. The summed E-state index contributed by atoms with van der Waals surface area (Å²) >= 11 is 7.11. The second-order valence-corrected chi connectivity index (χ2v) is 9.46. The molecule has 0 bridgehead atoms. The second-order valence-electron chi connectivity index (χ2n) is 8.16. The van der Waals surface area contributed by atoms with E-state index in [1.807, 2.05) is 59.3 Å². The van der Waals surface area contributed by atoms with E-state index in [-0.39, 0.29) is 11.3 Å². The molecule has 0 aliphatic rings. The van der Waals surface area contributed by atoms with Crippen LogP contribution in [0.5, 0.6) is 5.75 Å². The monoisotopic (exact) mass is 500 g/mol. The largest absolute Gasteiger partial charge is 0.489 e. The Morgan fingerprint density at radius 3 is 2.62 bits per heavy atom. The number of anilines is 1. The number of nitrogens with zero attached hydrogens (tertiary/aromatic N) is 2. The summed E-state index contributed by atoms with van der Waals surface area (Å²) in [7, 11) is 0. The summed E-state index contributed by atoms with van der Waals surface area (Å²) in [6.07, 6.45) is 11.9. The molecule has 2 N–H and O–H groups in total. The van der Waals surface area contributed by atoms with Gasteiger partial charge in [0.1, 0.15) is 11.9 Å². The quantitative estimate of drug-likeness (QED) is 0.185. The molecule has 1 atom stereocenters. The fourth-order valence-corrected chi connectivity index (χ4v) is 4.16. The molecule has 1 unspecified atom stereocenters. The Bertz CT molecular complexity index is 965. The molecule has 0 aliphatic carbocycles. The van der Waals surface area contributed by atoms with E-state index in [1.54, 1.807) is 12.5 Å². The Hall–Kier alpha value is -2.48. The van der Waals surface area contributed by atoms with Gasteiger partial charge in [-0.25, -0.2) is 4.98 Å². The van der Waals surface area contributed by atoms with Crippen LogP contribution in [0.4, 0.5) is 10.5 Å². The van der Waals surface area contributed by atoms with Crippen LogP contribution in [0, 0.1) is 0 Å². The number of unbranched alkanes of at least 4 members (excludes halogenated alkanes) is 3. The first-order chi connectivity index (χ1) is 16.6. The van der Waals surface area contributed by atoms with Gasteiger partial charge in [0.05, 0.1) is 12.9 Å². The molecule has 2 aromatic carbocycles. The van der Waals surface area contributed by atoms with Crippen LogP contribution in [0.1, 0.15) is 44.6 Å². The molecule has 0 aliphatic heterocycles. The minimum absolute atomic E-state index is 0.0298. The fourth-order valence-electron chi connectivity index (χ4n) is 3.49. The summed E-state index contributed by atoms with van der Waals surface area (Å²) in [5.74, 6) is 0.765. The topological polar surface area (TPSA) is 68.2 Å². The predicted octanol–water partition coefficient (Wildman–Crippen LogP) is 6.97. The lowest BCUT2D eigenvalue weighted by molar-refractivity contribution is 0.170. The lowest BCUT2D eigenvalue weighted by atomic mass is 10.1. The summed E-state index contributed by atoms with van der Waals surface area (Å²) < 4.78 is 11.4. The van der Waals surface area contributed by atoms with Crippen molar-refractivity contribution in [3.63, 3.8) is 0 Å². The number of carbonyl (C=O) groups excluding carboxylic acids is 1. The number of benzene rings is 2. The third-order valence-corrected chi connectivity index (χ3v) is 6.23. The number of rotatable bonds is 14. The molecule has 1 heterocycles. The average Bonchev–Trinajstić information content (AvgIpc) is 3.35. The van der Waals surface area contributed by atoms with Crippen molar-refractivity contribution in [1.29, 1.82) is 0 Å². The van der Waals surface area contributed by atoms with E-state index in [9.17, 15) is 4.79 Å². The zero-order valence-electron chi connectivity index (χ0n) is 19.6. The highest BCUT2D eigenvalue weighted by Crippen LogP contribution is 2.21. The first-order valence-electron chi connectivity index (χ1n) is 11.8. The van der Waals surface area contributed by atoms with Crippen molar-refractivity contribution in [1.82, 2.24) is 14.3 Å². The lowest BCUT2D eigenvalue weighted by Crippen LogP contribution is -2.23. The smallest absolute Gasteiger partial charge is 0.298 e. The summed E-state index contributed by atoms with van der Waals surface area (Å²) in [6.45, 7) is 3.72. The van der Waals surface area contributed by atoms with Crippen molar-refractivity contribution < 1.29 is 9.53 Å². The van der Waals surface area contributed by atoms with Crippen LogP contribution in [0.25, 0.3) is 0 Å². The van der Waals surface area contributed by atoms with Crippen LogP contribution in [0.2, 0.25) is 5.02 Å². The van der Waals surface area contributed by atoms with Crippen LogP contribution >= 0.6 is 23.5 Å². The van der Waals surface area contributed by atoms with Gasteiger partial charge in [-0.1, -0.05) is 49.9 Å². The number of imidazole rings is 1.